The number of carbonyl (C=O) groups is 1. The molecule has 3 heteroatoms. The lowest BCUT2D eigenvalue weighted by atomic mass is 10.0. The summed E-state index contributed by atoms with van der Waals surface area (Å²) in [4.78, 5) is 15.1. The van der Waals surface area contributed by atoms with Crippen LogP contribution in [0.25, 0.3) is 16.7 Å². The molecule has 3 aromatic carbocycles. The molecule has 0 saturated heterocycles. The number of nitrogens with zero attached hydrogens (tertiary/aromatic N) is 1. The van der Waals surface area contributed by atoms with E-state index in [1.54, 1.807) is 0 Å². The van der Waals surface area contributed by atoms with Crippen LogP contribution in [0.1, 0.15) is 29.3 Å². The molecule has 0 aromatic heterocycles. The van der Waals surface area contributed by atoms with Gasteiger partial charge in [-0.15, -0.1) is 0 Å². The highest BCUT2D eigenvalue weighted by Crippen LogP contribution is 2.33. The SMILES string of the molecule is CC1=CCCN(C(=O)c2ccc(-c3ccccc3)cc2)c2ccc(Cl)cc21. The van der Waals surface area contributed by atoms with Crippen LogP contribution in [0.5, 0.6) is 0 Å². The van der Waals surface area contributed by atoms with Gasteiger partial charge in [-0.05, 0) is 60.4 Å². The quantitative estimate of drug-likeness (QED) is 0.504. The molecule has 0 bridgehead atoms. The number of hydrogen-bond donors (Lipinski definition) is 0. The second-order valence-corrected chi connectivity index (χ2v) is 7.17. The van der Waals surface area contributed by atoms with Crippen LogP contribution in [-0.2, 0) is 0 Å². The van der Waals surface area contributed by atoms with Gasteiger partial charge >= 0.3 is 0 Å². The maximum atomic E-state index is 13.2. The van der Waals surface area contributed by atoms with E-state index in [9.17, 15) is 4.79 Å². The van der Waals surface area contributed by atoms with Crippen LogP contribution < -0.4 is 4.90 Å². The molecule has 1 heterocycles. The highest BCUT2D eigenvalue weighted by Gasteiger charge is 2.22. The molecule has 1 aliphatic heterocycles. The van der Waals surface area contributed by atoms with E-state index in [-0.39, 0.29) is 5.91 Å². The first-order valence-corrected chi connectivity index (χ1v) is 9.45. The molecule has 1 aliphatic rings. The molecule has 0 radical (unpaired) electrons. The van der Waals surface area contributed by atoms with Gasteiger partial charge in [0, 0.05) is 22.7 Å². The number of benzene rings is 3. The predicted molar refractivity (Wildman–Crippen MR) is 113 cm³/mol. The van der Waals surface area contributed by atoms with E-state index >= 15 is 0 Å². The monoisotopic (exact) mass is 373 g/mol. The van der Waals surface area contributed by atoms with E-state index in [4.69, 9.17) is 11.6 Å². The van der Waals surface area contributed by atoms with Gasteiger partial charge in [0.2, 0.25) is 0 Å². The third-order valence-corrected chi connectivity index (χ3v) is 5.20. The lowest BCUT2D eigenvalue weighted by Crippen LogP contribution is -2.31. The Labute approximate surface area is 164 Å². The number of fused-ring (bicyclic) bond motifs is 1. The second kappa shape index (κ2) is 7.42. The van der Waals surface area contributed by atoms with Crippen LogP contribution in [-0.4, -0.2) is 12.5 Å². The molecule has 134 valence electrons. The molecular weight excluding hydrogens is 354 g/mol. The Kier molecular flexibility index (Phi) is 4.83. The van der Waals surface area contributed by atoms with Crippen molar-refractivity contribution in [3.8, 4) is 11.1 Å². The molecule has 2 nitrogen and oxygen atoms in total. The van der Waals surface area contributed by atoms with Crippen LogP contribution in [0, 0.1) is 0 Å². The highest BCUT2D eigenvalue weighted by molar-refractivity contribution is 6.31. The fourth-order valence-corrected chi connectivity index (χ4v) is 3.67. The van der Waals surface area contributed by atoms with E-state index in [2.05, 4.69) is 25.1 Å². The molecule has 0 aliphatic carbocycles. The van der Waals surface area contributed by atoms with E-state index in [0.717, 1.165) is 34.4 Å². The Hall–Kier alpha value is -2.84. The normalized spacial score (nSPS) is 13.6. The summed E-state index contributed by atoms with van der Waals surface area (Å²) >= 11 is 6.18. The molecule has 0 unspecified atom stereocenters. The molecule has 3 aromatic rings. The van der Waals surface area contributed by atoms with Crippen molar-refractivity contribution in [1.29, 1.82) is 0 Å². The van der Waals surface area contributed by atoms with Crippen molar-refractivity contribution in [2.45, 2.75) is 13.3 Å². The predicted octanol–water partition coefficient (Wildman–Crippen LogP) is 6.46. The van der Waals surface area contributed by atoms with Crippen molar-refractivity contribution in [3.05, 3.63) is 95.0 Å². The minimum Gasteiger partial charge on any atom is -0.307 e. The number of rotatable bonds is 2. The van der Waals surface area contributed by atoms with Crippen molar-refractivity contribution >= 4 is 28.8 Å². The Balaban J connectivity index is 1.66. The van der Waals surface area contributed by atoms with Crippen LogP contribution >= 0.6 is 11.6 Å². The Bertz CT molecular complexity index is 1010. The first kappa shape index (κ1) is 17.6. The topological polar surface area (TPSA) is 20.3 Å². The maximum absolute atomic E-state index is 13.2. The number of amides is 1. The van der Waals surface area contributed by atoms with Crippen LogP contribution in [0.15, 0.2) is 78.9 Å². The summed E-state index contributed by atoms with van der Waals surface area (Å²) in [5.41, 5.74) is 6.04. The largest absolute Gasteiger partial charge is 0.307 e. The zero-order chi connectivity index (χ0) is 18.8. The average Bonchev–Trinajstić information content (AvgIpc) is 2.87. The van der Waals surface area contributed by atoms with Crippen molar-refractivity contribution in [2.75, 3.05) is 11.4 Å². The summed E-state index contributed by atoms with van der Waals surface area (Å²) < 4.78 is 0. The summed E-state index contributed by atoms with van der Waals surface area (Å²) in [5, 5.41) is 0.683. The number of anilines is 1. The number of hydrogen-bond acceptors (Lipinski definition) is 1. The highest BCUT2D eigenvalue weighted by atomic mass is 35.5. The van der Waals surface area contributed by atoms with Gasteiger partial charge in [-0.3, -0.25) is 4.79 Å². The minimum absolute atomic E-state index is 0.0151. The van der Waals surface area contributed by atoms with Gasteiger partial charge in [0.25, 0.3) is 5.91 Å². The third-order valence-electron chi connectivity index (χ3n) is 4.96. The molecule has 0 saturated carbocycles. The third kappa shape index (κ3) is 3.54. The zero-order valence-electron chi connectivity index (χ0n) is 15.2. The van der Waals surface area contributed by atoms with Gasteiger partial charge in [0.1, 0.15) is 0 Å². The van der Waals surface area contributed by atoms with E-state index in [1.807, 2.05) is 65.6 Å². The number of halogens is 1. The number of allylic oxidation sites excluding steroid dienone is 1. The van der Waals surface area contributed by atoms with Crippen molar-refractivity contribution in [2.24, 2.45) is 0 Å². The van der Waals surface area contributed by atoms with Gasteiger partial charge in [0.05, 0.1) is 5.69 Å². The smallest absolute Gasteiger partial charge is 0.258 e. The molecule has 27 heavy (non-hydrogen) atoms. The Morgan fingerprint density at radius 2 is 1.63 bits per heavy atom. The van der Waals surface area contributed by atoms with Crippen LogP contribution in [0.4, 0.5) is 5.69 Å². The molecule has 0 fully saturated rings. The standard InChI is InChI=1S/C24H20ClNO/c1-17-6-5-15-26(23-14-13-21(25)16-22(17)23)24(27)20-11-9-19(10-12-20)18-7-3-2-4-8-18/h2-4,6-14,16H,5,15H2,1H3. The van der Waals surface area contributed by atoms with Crippen molar-refractivity contribution in [1.82, 2.24) is 0 Å². The first-order chi connectivity index (χ1) is 13.1. The second-order valence-electron chi connectivity index (χ2n) is 6.74. The van der Waals surface area contributed by atoms with Crippen LogP contribution in [0.3, 0.4) is 0 Å². The number of carbonyl (C=O) groups excluding carboxylic acids is 1. The van der Waals surface area contributed by atoms with E-state index in [1.165, 1.54) is 0 Å². The van der Waals surface area contributed by atoms with Gasteiger partial charge in [-0.25, -0.2) is 0 Å². The van der Waals surface area contributed by atoms with E-state index < -0.39 is 0 Å². The van der Waals surface area contributed by atoms with E-state index in [0.29, 0.717) is 17.1 Å². The Morgan fingerprint density at radius 3 is 2.37 bits per heavy atom. The molecule has 0 atom stereocenters. The van der Waals surface area contributed by atoms with Gasteiger partial charge in [-0.1, -0.05) is 60.1 Å². The zero-order valence-corrected chi connectivity index (χ0v) is 15.9. The maximum Gasteiger partial charge on any atom is 0.258 e. The van der Waals surface area contributed by atoms with Crippen molar-refractivity contribution < 1.29 is 4.79 Å². The minimum atomic E-state index is 0.0151. The van der Waals surface area contributed by atoms with Gasteiger partial charge < -0.3 is 4.90 Å². The molecule has 0 N–H and O–H groups in total. The lowest BCUT2D eigenvalue weighted by molar-refractivity contribution is 0.0987. The average molecular weight is 374 g/mol. The molecule has 1 amide bonds. The van der Waals surface area contributed by atoms with Crippen LogP contribution in [0.2, 0.25) is 5.02 Å². The summed E-state index contributed by atoms with van der Waals surface area (Å²) in [5.74, 6) is 0.0151. The fraction of sp³-hybridized carbons (Fsp3) is 0.125. The summed E-state index contributed by atoms with van der Waals surface area (Å²) in [7, 11) is 0. The molecule has 4 rings (SSSR count). The summed E-state index contributed by atoms with van der Waals surface area (Å²) in [6, 6.07) is 23.7. The van der Waals surface area contributed by atoms with Crippen molar-refractivity contribution in [3.63, 3.8) is 0 Å². The summed E-state index contributed by atoms with van der Waals surface area (Å²) in [6.45, 7) is 2.73. The first-order valence-electron chi connectivity index (χ1n) is 9.07. The van der Waals surface area contributed by atoms with Gasteiger partial charge in [-0.2, -0.15) is 0 Å². The Morgan fingerprint density at radius 1 is 0.926 bits per heavy atom. The summed E-state index contributed by atoms with van der Waals surface area (Å²) in [6.07, 6.45) is 2.99. The molecule has 0 spiro atoms. The lowest BCUT2D eigenvalue weighted by Gasteiger charge is -2.24. The molecular formula is C24H20ClNO. The van der Waals surface area contributed by atoms with Gasteiger partial charge in [0.15, 0.2) is 0 Å². The fourth-order valence-electron chi connectivity index (χ4n) is 3.50.